The zero-order valence-corrected chi connectivity index (χ0v) is 11.9. The number of fused-ring (bicyclic) bond motifs is 1. The molecule has 0 saturated carbocycles. The van der Waals surface area contributed by atoms with Crippen LogP contribution < -0.4 is 5.32 Å². The number of hydrogen-bond acceptors (Lipinski definition) is 5. The van der Waals surface area contributed by atoms with Gasteiger partial charge < -0.3 is 9.73 Å². The molecule has 2 heterocycles. The summed E-state index contributed by atoms with van der Waals surface area (Å²) in [6.45, 7) is 2.56. The van der Waals surface area contributed by atoms with Gasteiger partial charge in [0.25, 0.3) is 0 Å². The number of nitrogens with one attached hydrogen (secondary N) is 1. The maximum absolute atomic E-state index is 6.12. The minimum Gasteiger partial charge on any atom is -0.444 e. The topological polar surface area (TPSA) is 51.0 Å². The average Bonchev–Trinajstić information content (AvgIpc) is 3.03. The van der Waals surface area contributed by atoms with E-state index in [-0.39, 0.29) is 0 Å². The van der Waals surface area contributed by atoms with Gasteiger partial charge in [-0.2, -0.15) is 0 Å². The van der Waals surface area contributed by atoms with E-state index >= 15 is 0 Å². The van der Waals surface area contributed by atoms with Crippen molar-refractivity contribution >= 4 is 38.3 Å². The Morgan fingerprint density at radius 3 is 3.05 bits per heavy atom. The van der Waals surface area contributed by atoms with E-state index in [1.54, 1.807) is 6.20 Å². The lowest BCUT2D eigenvalue weighted by atomic mass is 10.3. The number of aromatic nitrogens is 2. The smallest absolute Gasteiger partial charge is 0.213 e. The molecule has 0 aliphatic rings. The number of oxazole rings is 1. The van der Waals surface area contributed by atoms with Crippen LogP contribution in [0.25, 0.3) is 10.2 Å². The van der Waals surface area contributed by atoms with Crippen molar-refractivity contribution in [1.29, 1.82) is 0 Å². The molecule has 3 aromatic rings. The Morgan fingerprint density at radius 2 is 2.32 bits per heavy atom. The van der Waals surface area contributed by atoms with Crippen LogP contribution in [-0.4, -0.2) is 9.97 Å². The minimum absolute atomic E-state index is 0.525. The third kappa shape index (κ3) is 2.57. The van der Waals surface area contributed by atoms with Crippen molar-refractivity contribution in [3.05, 3.63) is 41.1 Å². The SMILES string of the molecule is CCc1cnc(CNc2nc3cccc(Cl)c3s2)o1. The lowest BCUT2D eigenvalue weighted by Gasteiger charge is -1.97. The van der Waals surface area contributed by atoms with Crippen LogP contribution >= 0.6 is 22.9 Å². The highest BCUT2D eigenvalue weighted by Gasteiger charge is 2.08. The molecular formula is C13H12ClN3OS. The Balaban J connectivity index is 1.76. The molecule has 0 radical (unpaired) electrons. The lowest BCUT2D eigenvalue weighted by Crippen LogP contribution is -1.98. The normalized spacial score (nSPS) is 11.1. The minimum atomic E-state index is 0.525. The maximum Gasteiger partial charge on any atom is 0.213 e. The summed E-state index contributed by atoms with van der Waals surface area (Å²) in [7, 11) is 0. The van der Waals surface area contributed by atoms with E-state index in [1.807, 2.05) is 25.1 Å². The molecule has 0 aliphatic heterocycles. The molecule has 0 amide bonds. The summed E-state index contributed by atoms with van der Waals surface area (Å²) >= 11 is 7.65. The van der Waals surface area contributed by atoms with Crippen molar-refractivity contribution in [2.75, 3.05) is 5.32 Å². The Kier molecular flexibility index (Phi) is 3.40. The van der Waals surface area contributed by atoms with Crippen molar-refractivity contribution in [2.45, 2.75) is 19.9 Å². The van der Waals surface area contributed by atoms with E-state index in [9.17, 15) is 0 Å². The molecule has 0 unspecified atom stereocenters. The van der Waals surface area contributed by atoms with E-state index in [0.717, 1.165) is 32.6 Å². The number of hydrogen-bond donors (Lipinski definition) is 1. The van der Waals surface area contributed by atoms with Gasteiger partial charge in [0.15, 0.2) is 5.13 Å². The summed E-state index contributed by atoms with van der Waals surface area (Å²) in [5.41, 5.74) is 0.904. The highest BCUT2D eigenvalue weighted by atomic mass is 35.5. The monoisotopic (exact) mass is 293 g/mol. The van der Waals surface area contributed by atoms with E-state index in [4.69, 9.17) is 16.0 Å². The van der Waals surface area contributed by atoms with Crippen LogP contribution in [0.3, 0.4) is 0 Å². The van der Waals surface area contributed by atoms with Gasteiger partial charge >= 0.3 is 0 Å². The predicted molar refractivity (Wildman–Crippen MR) is 77.8 cm³/mol. The summed E-state index contributed by atoms with van der Waals surface area (Å²) in [5, 5.41) is 4.76. The van der Waals surface area contributed by atoms with Crippen LogP contribution in [0.15, 0.2) is 28.8 Å². The van der Waals surface area contributed by atoms with Crippen molar-refractivity contribution < 1.29 is 4.42 Å². The summed E-state index contributed by atoms with van der Waals surface area (Å²) in [6.07, 6.45) is 2.61. The largest absolute Gasteiger partial charge is 0.444 e. The van der Waals surface area contributed by atoms with Crippen LogP contribution in [0.4, 0.5) is 5.13 Å². The van der Waals surface area contributed by atoms with Crippen molar-refractivity contribution in [1.82, 2.24) is 9.97 Å². The summed E-state index contributed by atoms with van der Waals surface area (Å²) < 4.78 is 6.52. The van der Waals surface area contributed by atoms with E-state index in [2.05, 4.69) is 15.3 Å². The standard InChI is InChI=1S/C13H12ClN3OS/c1-2-8-6-15-11(18-8)7-16-13-17-10-5-3-4-9(14)12(10)19-13/h3-6H,2,7H2,1H3,(H,16,17). The molecule has 3 rings (SSSR count). The fraction of sp³-hybridized carbons (Fsp3) is 0.231. The number of aryl methyl sites for hydroxylation is 1. The second-order valence-electron chi connectivity index (χ2n) is 4.03. The van der Waals surface area contributed by atoms with Gasteiger partial charge in [-0.1, -0.05) is 35.9 Å². The molecule has 19 heavy (non-hydrogen) atoms. The molecule has 0 aliphatic carbocycles. The zero-order valence-electron chi connectivity index (χ0n) is 10.3. The van der Waals surface area contributed by atoms with Gasteiger partial charge in [-0.25, -0.2) is 9.97 Å². The summed E-state index contributed by atoms with van der Waals surface area (Å²) in [4.78, 5) is 8.66. The van der Waals surface area contributed by atoms with Gasteiger partial charge in [0.2, 0.25) is 5.89 Å². The van der Waals surface area contributed by atoms with Crippen LogP contribution in [0, 0.1) is 0 Å². The highest BCUT2D eigenvalue weighted by molar-refractivity contribution is 7.22. The molecule has 0 saturated heterocycles. The van der Waals surface area contributed by atoms with Gasteiger partial charge in [-0.15, -0.1) is 0 Å². The quantitative estimate of drug-likeness (QED) is 0.786. The third-order valence-electron chi connectivity index (χ3n) is 2.71. The predicted octanol–water partition coefficient (Wildman–Crippen LogP) is 4.11. The number of thiazole rings is 1. The molecule has 0 fully saturated rings. The summed E-state index contributed by atoms with van der Waals surface area (Å²) in [6, 6.07) is 5.71. The molecule has 6 heteroatoms. The first-order valence-corrected chi connectivity index (χ1v) is 7.18. The third-order valence-corrected chi connectivity index (χ3v) is 4.20. The molecule has 98 valence electrons. The van der Waals surface area contributed by atoms with E-state index in [1.165, 1.54) is 11.3 Å². The Hall–Kier alpha value is -1.59. The second kappa shape index (κ2) is 5.19. The van der Waals surface area contributed by atoms with Crippen molar-refractivity contribution in [2.24, 2.45) is 0 Å². The Morgan fingerprint density at radius 1 is 1.42 bits per heavy atom. The van der Waals surface area contributed by atoms with E-state index < -0.39 is 0 Å². The molecule has 1 aromatic carbocycles. The lowest BCUT2D eigenvalue weighted by molar-refractivity contribution is 0.466. The van der Waals surface area contributed by atoms with Crippen LogP contribution in [0.5, 0.6) is 0 Å². The van der Waals surface area contributed by atoms with Crippen LogP contribution in [0.2, 0.25) is 5.02 Å². The first-order chi connectivity index (χ1) is 9.26. The van der Waals surface area contributed by atoms with E-state index in [0.29, 0.717) is 12.4 Å². The second-order valence-corrected chi connectivity index (χ2v) is 5.44. The van der Waals surface area contributed by atoms with Gasteiger partial charge in [0, 0.05) is 6.42 Å². The number of halogens is 1. The summed E-state index contributed by atoms with van der Waals surface area (Å²) in [5.74, 6) is 1.56. The Labute approximate surface area is 119 Å². The molecular weight excluding hydrogens is 282 g/mol. The molecule has 0 bridgehead atoms. The molecule has 4 nitrogen and oxygen atoms in total. The number of anilines is 1. The number of nitrogens with zero attached hydrogens (tertiary/aromatic N) is 2. The van der Waals surface area contributed by atoms with Crippen LogP contribution in [0.1, 0.15) is 18.6 Å². The van der Waals surface area contributed by atoms with Crippen LogP contribution in [-0.2, 0) is 13.0 Å². The molecule has 0 spiro atoms. The maximum atomic E-state index is 6.12. The van der Waals surface area contributed by atoms with Gasteiger partial charge in [0.1, 0.15) is 5.76 Å². The van der Waals surface area contributed by atoms with Gasteiger partial charge in [-0.3, -0.25) is 0 Å². The zero-order chi connectivity index (χ0) is 13.2. The van der Waals surface area contributed by atoms with Gasteiger partial charge in [-0.05, 0) is 12.1 Å². The fourth-order valence-corrected chi connectivity index (χ4v) is 2.89. The highest BCUT2D eigenvalue weighted by Crippen LogP contribution is 2.31. The molecule has 0 atom stereocenters. The first kappa shape index (κ1) is 12.4. The van der Waals surface area contributed by atoms with Crippen molar-refractivity contribution in [3.8, 4) is 0 Å². The average molecular weight is 294 g/mol. The number of rotatable bonds is 4. The fourth-order valence-electron chi connectivity index (χ4n) is 1.74. The van der Waals surface area contributed by atoms with Crippen molar-refractivity contribution in [3.63, 3.8) is 0 Å². The number of benzene rings is 1. The Bertz CT molecular complexity index is 707. The first-order valence-electron chi connectivity index (χ1n) is 5.98. The molecule has 1 N–H and O–H groups in total. The van der Waals surface area contributed by atoms with Gasteiger partial charge in [0.05, 0.1) is 28.0 Å². The molecule has 2 aromatic heterocycles.